The normalized spacial score (nSPS) is 11.7. The predicted octanol–water partition coefficient (Wildman–Crippen LogP) is 2.56. The van der Waals surface area contributed by atoms with Crippen LogP contribution in [0.25, 0.3) is 0 Å². The van der Waals surface area contributed by atoms with E-state index in [1.54, 1.807) is 12.2 Å². The molecular weight excluding hydrogens is 270 g/mol. The van der Waals surface area contributed by atoms with E-state index in [1.165, 1.54) is 0 Å². The minimum atomic E-state index is 0.118. The summed E-state index contributed by atoms with van der Waals surface area (Å²) in [5.41, 5.74) is 0. The molecule has 0 aliphatic rings. The lowest BCUT2D eigenvalue weighted by atomic mass is 10.4. The van der Waals surface area contributed by atoms with Gasteiger partial charge in [0.05, 0.1) is 4.83 Å². The average molecular weight is 282 g/mol. The maximum absolute atomic E-state index is 9.05. The number of rotatable bonds is 5. The highest BCUT2D eigenvalue weighted by Crippen LogP contribution is 2.00. The second kappa shape index (κ2) is 12.5. The number of allylic oxidation sites excluding steroid dienone is 4. The number of hydrogen-bond acceptors (Lipinski definition) is 6. The van der Waals surface area contributed by atoms with E-state index in [1.807, 2.05) is 12.2 Å². The van der Waals surface area contributed by atoms with Gasteiger partial charge in [-0.2, -0.15) is 0 Å². The first-order valence-electron chi connectivity index (χ1n) is 3.37. The average Bonchev–Trinajstić information content (AvgIpc) is 2.15. The van der Waals surface area contributed by atoms with Crippen LogP contribution in [0.4, 0.5) is 0 Å². The first-order valence-corrected chi connectivity index (χ1v) is 5.02. The lowest BCUT2D eigenvalue weighted by Crippen LogP contribution is -2.16. The number of halogens is 1. The third-order valence-corrected chi connectivity index (χ3v) is 1.69. The highest BCUT2D eigenvalue weighted by atomic mass is 79.9. The molecule has 0 bridgehead atoms. The van der Waals surface area contributed by atoms with Gasteiger partial charge in [-0.15, -0.1) is 11.5 Å². The van der Waals surface area contributed by atoms with E-state index in [0.717, 1.165) is 0 Å². The van der Waals surface area contributed by atoms with Crippen molar-refractivity contribution in [3.8, 4) is 0 Å². The van der Waals surface area contributed by atoms with Crippen LogP contribution in [-0.2, 0) is 0 Å². The summed E-state index contributed by atoms with van der Waals surface area (Å²) in [4.78, 5) is 9.32. The van der Waals surface area contributed by atoms with Crippen LogP contribution in [-0.4, -0.2) is 14.6 Å². The van der Waals surface area contributed by atoms with Crippen LogP contribution >= 0.6 is 28.1 Å². The molecule has 1 atom stereocenters. The Bertz CT molecular complexity index is 199. The van der Waals surface area contributed by atoms with Gasteiger partial charge in [-0.1, -0.05) is 46.8 Å². The van der Waals surface area contributed by atoms with Crippen molar-refractivity contribution in [2.75, 3.05) is 0 Å². The quantitative estimate of drug-likeness (QED) is 0.154. The molecule has 1 unspecified atom stereocenters. The highest BCUT2D eigenvalue weighted by molar-refractivity contribution is 9.09. The van der Waals surface area contributed by atoms with Gasteiger partial charge in [0, 0.05) is 4.58 Å². The van der Waals surface area contributed by atoms with Gasteiger partial charge < -0.3 is 0 Å². The van der Waals surface area contributed by atoms with Crippen molar-refractivity contribution in [1.82, 2.24) is 4.58 Å². The molecule has 0 aliphatic carbocycles. The first kappa shape index (κ1) is 16.0. The van der Waals surface area contributed by atoms with Gasteiger partial charge in [0.1, 0.15) is 0 Å². The van der Waals surface area contributed by atoms with E-state index in [9.17, 15) is 0 Å². The van der Waals surface area contributed by atoms with Crippen molar-refractivity contribution < 1.29 is 5.21 Å². The molecule has 0 saturated carbocycles. The predicted molar refractivity (Wildman–Crippen MR) is 63.4 cm³/mol. The topological polar surface area (TPSA) is 78.9 Å². The molecular formula is C7H12BrN3O2S. The number of alkyl halides is 1. The molecule has 0 rings (SSSR count). The Hall–Kier alpha value is -0.470. The number of nitrogens with two attached hydrogens (primary N) is 1. The summed E-state index contributed by atoms with van der Waals surface area (Å²) in [6.45, 7) is 7.11. The van der Waals surface area contributed by atoms with Gasteiger partial charge in [-0.3, -0.25) is 5.21 Å². The van der Waals surface area contributed by atoms with E-state index >= 15 is 0 Å². The Labute approximate surface area is 95.6 Å². The van der Waals surface area contributed by atoms with E-state index in [4.69, 9.17) is 10.1 Å². The summed E-state index contributed by atoms with van der Waals surface area (Å²) in [7, 11) is 0. The second-order valence-corrected chi connectivity index (χ2v) is 3.50. The minimum absolute atomic E-state index is 0.118. The van der Waals surface area contributed by atoms with Gasteiger partial charge in [-0.05, 0) is 4.58 Å². The third kappa shape index (κ3) is 17.6. The molecule has 80 valence electrons. The van der Waals surface area contributed by atoms with Crippen molar-refractivity contribution in [3.63, 3.8) is 0 Å². The van der Waals surface area contributed by atoms with Crippen LogP contribution in [0, 0.1) is 4.91 Å². The number of hydrogen-bond donors (Lipinski definition) is 2. The molecule has 0 aromatic rings. The molecule has 0 aromatic heterocycles. The van der Waals surface area contributed by atoms with Crippen LogP contribution in [0.3, 0.4) is 0 Å². The molecule has 5 nitrogen and oxygen atoms in total. The van der Waals surface area contributed by atoms with Crippen molar-refractivity contribution in [2.24, 2.45) is 10.4 Å². The summed E-state index contributed by atoms with van der Waals surface area (Å²) in [6, 6.07) is 0. The fraction of sp³-hybridized carbons (Fsp3) is 0.143. The SMILES string of the molecule is C=C/C=C/C(Br)C=C.NN(O)SN=O. The molecule has 0 heterocycles. The van der Waals surface area contributed by atoms with Crippen LogP contribution < -0.4 is 5.84 Å². The summed E-state index contributed by atoms with van der Waals surface area (Å²) in [5, 5.41) is 7.83. The molecule has 14 heavy (non-hydrogen) atoms. The fourth-order valence-corrected chi connectivity index (χ4v) is 0.542. The molecule has 0 amide bonds. The van der Waals surface area contributed by atoms with Gasteiger partial charge >= 0.3 is 0 Å². The van der Waals surface area contributed by atoms with E-state index < -0.39 is 0 Å². The smallest absolute Gasteiger partial charge is 0.151 e. The maximum atomic E-state index is 9.05. The van der Waals surface area contributed by atoms with Crippen molar-refractivity contribution in [3.05, 3.63) is 42.4 Å². The maximum Gasteiger partial charge on any atom is 0.151 e. The van der Waals surface area contributed by atoms with Crippen molar-refractivity contribution in [2.45, 2.75) is 4.83 Å². The Balaban J connectivity index is 0. The molecule has 0 aromatic carbocycles. The van der Waals surface area contributed by atoms with Crippen LogP contribution in [0.5, 0.6) is 0 Å². The van der Waals surface area contributed by atoms with Crippen LogP contribution in [0.15, 0.2) is 42.0 Å². The number of nitrogens with zero attached hydrogens (tertiary/aromatic N) is 2. The Kier molecular flexibility index (Phi) is 14.3. The van der Waals surface area contributed by atoms with E-state index in [2.05, 4.69) is 39.5 Å². The summed E-state index contributed by atoms with van der Waals surface area (Å²) in [5.74, 6) is 4.46. The Morgan fingerprint density at radius 3 is 2.43 bits per heavy atom. The van der Waals surface area contributed by atoms with Crippen molar-refractivity contribution >= 4 is 28.1 Å². The Morgan fingerprint density at radius 1 is 1.64 bits per heavy atom. The summed E-state index contributed by atoms with van der Waals surface area (Å²) >= 11 is 3.55. The molecule has 0 saturated heterocycles. The highest BCUT2D eigenvalue weighted by Gasteiger charge is 1.85. The van der Waals surface area contributed by atoms with Gasteiger partial charge in [0.25, 0.3) is 0 Å². The molecule has 7 heteroatoms. The fourth-order valence-electron chi connectivity index (χ4n) is 0.297. The number of nitroso groups, excluding NO2 is 1. The molecule has 0 radical (unpaired) electrons. The lowest BCUT2D eigenvalue weighted by molar-refractivity contribution is 0.0164. The first-order chi connectivity index (χ1) is 6.58. The number of hydrazine groups is 1. The summed E-state index contributed by atoms with van der Waals surface area (Å²) in [6.07, 6.45) is 7.37. The van der Waals surface area contributed by atoms with Gasteiger partial charge in [0.15, 0.2) is 12.1 Å². The molecule has 0 spiro atoms. The molecule has 3 N–H and O–H groups in total. The summed E-state index contributed by atoms with van der Waals surface area (Å²) < 4.78 is 2.27. The molecule has 0 aliphatic heterocycles. The van der Waals surface area contributed by atoms with Gasteiger partial charge in [0.2, 0.25) is 0 Å². The second-order valence-electron chi connectivity index (χ2n) is 1.76. The monoisotopic (exact) mass is 281 g/mol. The van der Waals surface area contributed by atoms with Crippen molar-refractivity contribution in [1.29, 1.82) is 0 Å². The van der Waals surface area contributed by atoms with E-state index in [-0.39, 0.29) is 21.5 Å². The van der Waals surface area contributed by atoms with E-state index in [0.29, 0.717) is 0 Å². The minimum Gasteiger partial charge on any atom is -0.288 e. The van der Waals surface area contributed by atoms with Crippen LogP contribution in [0.1, 0.15) is 0 Å². The van der Waals surface area contributed by atoms with Gasteiger partial charge in [-0.25, -0.2) is 5.84 Å². The standard InChI is InChI=1S/C7H9Br.H3N3O2S/c1-3-5-6-7(8)4-2;1-3(5)6-2-4/h3-7H,1-2H2;5H,1H2/b6-5+;. The Morgan fingerprint density at radius 2 is 2.21 bits per heavy atom. The zero-order chi connectivity index (χ0) is 11.4. The van der Waals surface area contributed by atoms with Crippen LogP contribution in [0.2, 0.25) is 0 Å². The third-order valence-electron chi connectivity index (χ3n) is 0.773. The molecule has 0 fully saturated rings. The lowest BCUT2D eigenvalue weighted by Gasteiger charge is -1.92. The zero-order valence-corrected chi connectivity index (χ0v) is 9.82. The zero-order valence-electron chi connectivity index (χ0n) is 7.41. The largest absolute Gasteiger partial charge is 0.288 e.